The lowest BCUT2D eigenvalue weighted by Gasteiger charge is -2.42. The Morgan fingerprint density at radius 3 is 2.39 bits per heavy atom. The van der Waals surface area contributed by atoms with Gasteiger partial charge in [0.05, 0.1) is 30.3 Å². The minimum absolute atomic E-state index is 0.106. The first-order valence-electron chi connectivity index (χ1n) is 7.49. The van der Waals surface area contributed by atoms with E-state index in [1.54, 1.807) is 0 Å². The fraction of sp³-hybridized carbons (Fsp3) is 0.769. The van der Waals surface area contributed by atoms with Gasteiger partial charge in [-0.05, 0) is 25.4 Å². The van der Waals surface area contributed by atoms with Gasteiger partial charge >= 0.3 is 0 Å². The van der Waals surface area contributed by atoms with Gasteiger partial charge in [-0.3, -0.25) is 0 Å². The van der Waals surface area contributed by atoms with Crippen molar-refractivity contribution in [1.82, 2.24) is 15.0 Å². The Morgan fingerprint density at radius 2 is 1.74 bits per heavy atom. The number of hydrogen-bond donors (Lipinski definition) is 0. The summed E-state index contributed by atoms with van der Waals surface area (Å²) >= 11 is 6.07. The van der Waals surface area contributed by atoms with Gasteiger partial charge in [-0.25, -0.2) is 8.42 Å². The van der Waals surface area contributed by atoms with Crippen LogP contribution in [0.5, 0.6) is 0 Å². The van der Waals surface area contributed by atoms with Crippen LogP contribution in [0.3, 0.4) is 0 Å². The lowest BCUT2D eigenvalue weighted by Crippen LogP contribution is -2.54. The van der Waals surface area contributed by atoms with E-state index >= 15 is 0 Å². The molecule has 1 aromatic rings. The molecule has 2 saturated heterocycles. The molecule has 0 aromatic carbocycles. The molecule has 0 N–H and O–H groups in total. The zero-order valence-electron chi connectivity index (χ0n) is 13.2. The third kappa shape index (κ3) is 3.67. The van der Waals surface area contributed by atoms with Crippen molar-refractivity contribution in [2.45, 2.75) is 19.4 Å². The molecule has 0 saturated carbocycles. The molecule has 3 heterocycles. The van der Waals surface area contributed by atoms with Gasteiger partial charge in [0, 0.05) is 19.6 Å². The number of morpholine rings is 1. The Balaban J connectivity index is 1.88. The predicted octanol–water partition coefficient (Wildman–Crippen LogP) is 0.375. The number of hydrogen-bond acceptors (Lipinski definition) is 8. The van der Waals surface area contributed by atoms with Crippen molar-refractivity contribution in [1.29, 1.82) is 0 Å². The second-order valence-electron chi connectivity index (χ2n) is 6.36. The third-order valence-electron chi connectivity index (χ3n) is 4.10. The summed E-state index contributed by atoms with van der Waals surface area (Å²) in [6.07, 6.45) is 0. The first kappa shape index (κ1) is 16.7. The second kappa shape index (κ2) is 6.03. The van der Waals surface area contributed by atoms with Gasteiger partial charge in [0.25, 0.3) is 0 Å². The van der Waals surface area contributed by atoms with Crippen molar-refractivity contribution in [3.8, 4) is 0 Å². The molecule has 2 fully saturated rings. The minimum atomic E-state index is -2.96. The molecule has 0 unspecified atom stereocenters. The summed E-state index contributed by atoms with van der Waals surface area (Å²) in [4.78, 5) is 16.8. The van der Waals surface area contributed by atoms with E-state index in [0.717, 1.165) is 0 Å². The molecule has 8 nitrogen and oxygen atoms in total. The standard InChI is InChI=1S/C13H20ClN5O3S/c1-13(2)9-22-6-3-19(13)12-16-10(14)15-11(17-12)18-4-7-23(20,21)8-5-18/h3-9H2,1-2H3. The number of halogens is 1. The van der Waals surface area contributed by atoms with Crippen LogP contribution in [0.25, 0.3) is 0 Å². The van der Waals surface area contributed by atoms with Crippen molar-refractivity contribution < 1.29 is 13.2 Å². The summed E-state index contributed by atoms with van der Waals surface area (Å²) < 4.78 is 28.6. The molecule has 0 spiro atoms. The molecule has 0 radical (unpaired) electrons. The van der Waals surface area contributed by atoms with Gasteiger partial charge in [-0.1, -0.05) is 0 Å². The highest BCUT2D eigenvalue weighted by Crippen LogP contribution is 2.26. The van der Waals surface area contributed by atoms with Crippen LogP contribution in [0.1, 0.15) is 13.8 Å². The topological polar surface area (TPSA) is 88.5 Å². The Hall–Kier alpha value is -1.19. The van der Waals surface area contributed by atoms with E-state index in [1.165, 1.54) is 0 Å². The molecule has 0 aliphatic carbocycles. The van der Waals surface area contributed by atoms with Crippen molar-refractivity contribution in [3.05, 3.63) is 5.28 Å². The van der Waals surface area contributed by atoms with Crippen molar-refractivity contribution in [2.75, 3.05) is 54.2 Å². The molecule has 0 bridgehead atoms. The van der Waals surface area contributed by atoms with Gasteiger partial charge < -0.3 is 14.5 Å². The molecule has 0 atom stereocenters. The maximum atomic E-state index is 11.6. The molecule has 1 aromatic heterocycles. The number of aromatic nitrogens is 3. The molecule has 3 rings (SSSR count). The molecule has 0 amide bonds. The first-order chi connectivity index (χ1) is 10.8. The monoisotopic (exact) mass is 361 g/mol. The number of anilines is 2. The number of rotatable bonds is 2. The van der Waals surface area contributed by atoms with Gasteiger partial charge in [0.15, 0.2) is 9.84 Å². The summed E-state index contributed by atoms with van der Waals surface area (Å²) in [5.74, 6) is 1.14. The average Bonchev–Trinajstić information content (AvgIpc) is 2.46. The minimum Gasteiger partial charge on any atom is -0.377 e. The number of sulfone groups is 1. The Morgan fingerprint density at radius 1 is 1.09 bits per heavy atom. The van der Waals surface area contributed by atoms with Crippen LogP contribution in [0.2, 0.25) is 5.28 Å². The highest BCUT2D eigenvalue weighted by molar-refractivity contribution is 7.91. The molecule has 2 aliphatic rings. The van der Waals surface area contributed by atoms with Crippen LogP contribution in [0, 0.1) is 0 Å². The Labute approximate surface area is 140 Å². The van der Waals surface area contributed by atoms with E-state index < -0.39 is 9.84 Å². The van der Waals surface area contributed by atoms with Gasteiger partial charge in [0.2, 0.25) is 17.2 Å². The fourth-order valence-corrected chi connectivity index (χ4v) is 4.09. The summed E-state index contributed by atoms with van der Waals surface area (Å²) in [5, 5.41) is 0.112. The van der Waals surface area contributed by atoms with Crippen molar-refractivity contribution >= 4 is 33.3 Å². The SMILES string of the molecule is CC1(C)COCCN1c1nc(Cl)nc(N2CCS(=O)(=O)CC2)n1. The molecule has 128 valence electrons. The first-order valence-corrected chi connectivity index (χ1v) is 9.69. The predicted molar refractivity (Wildman–Crippen MR) is 87.9 cm³/mol. The second-order valence-corrected chi connectivity index (χ2v) is 9.00. The van der Waals surface area contributed by atoms with E-state index in [-0.39, 0.29) is 22.3 Å². The van der Waals surface area contributed by atoms with Crippen LogP contribution in [-0.2, 0) is 14.6 Å². The van der Waals surface area contributed by atoms with E-state index in [9.17, 15) is 8.42 Å². The van der Waals surface area contributed by atoms with E-state index in [0.29, 0.717) is 44.7 Å². The molecule has 10 heteroatoms. The van der Waals surface area contributed by atoms with Gasteiger partial charge in [0.1, 0.15) is 0 Å². The maximum Gasteiger partial charge on any atom is 0.232 e. The smallest absolute Gasteiger partial charge is 0.232 e. The Kier molecular flexibility index (Phi) is 4.37. The summed E-state index contributed by atoms with van der Waals surface area (Å²) in [5.41, 5.74) is -0.245. The van der Waals surface area contributed by atoms with Crippen LogP contribution < -0.4 is 9.80 Å². The third-order valence-corrected chi connectivity index (χ3v) is 5.88. The normalized spacial score (nSPS) is 23.8. The van der Waals surface area contributed by atoms with E-state index in [1.807, 2.05) is 9.80 Å². The summed E-state index contributed by atoms with van der Waals surface area (Å²) in [7, 11) is -2.96. The highest BCUT2D eigenvalue weighted by Gasteiger charge is 2.33. The van der Waals surface area contributed by atoms with Gasteiger partial charge in [-0.2, -0.15) is 15.0 Å². The van der Waals surface area contributed by atoms with E-state index in [4.69, 9.17) is 16.3 Å². The quantitative estimate of drug-likeness (QED) is 0.746. The summed E-state index contributed by atoms with van der Waals surface area (Å²) in [6, 6.07) is 0. The van der Waals surface area contributed by atoms with Crippen LogP contribution in [-0.4, -0.2) is 73.3 Å². The largest absolute Gasteiger partial charge is 0.377 e. The van der Waals surface area contributed by atoms with Crippen LogP contribution in [0.15, 0.2) is 0 Å². The van der Waals surface area contributed by atoms with Crippen LogP contribution >= 0.6 is 11.6 Å². The zero-order valence-corrected chi connectivity index (χ0v) is 14.8. The molecule has 2 aliphatic heterocycles. The van der Waals surface area contributed by atoms with Gasteiger partial charge in [-0.15, -0.1) is 0 Å². The van der Waals surface area contributed by atoms with Crippen molar-refractivity contribution in [2.24, 2.45) is 0 Å². The molecule has 23 heavy (non-hydrogen) atoms. The van der Waals surface area contributed by atoms with E-state index in [2.05, 4.69) is 28.8 Å². The van der Waals surface area contributed by atoms with Crippen LogP contribution in [0.4, 0.5) is 11.9 Å². The lowest BCUT2D eigenvalue weighted by molar-refractivity contribution is 0.0633. The highest BCUT2D eigenvalue weighted by atomic mass is 35.5. The maximum absolute atomic E-state index is 11.6. The Bertz CT molecular complexity index is 683. The van der Waals surface area contributed by atoms with Crippen molar-refractivity contribution in [3.63, 3.8) is 0 Å². The summed E-state index contributed by atoms with van der Waals surface area (Å²) in [6.45, 7) is 6.69. The lowest BCUT2D eigenvalue weighted by atomic mass is 10.0. The molecular formula is C13H20ClN5O3S. The number of ether oxygens (including phenoxy) is 1. The fourth-order valence-electron chi connectivity index (χ4n) is 2.73. The molecular weight excluding hydrogens is 342 g/mol. The number of nitrogens with zero attached hydrogens (tertiary/aromatic N) is 5. The zero-order chi connectivity index (χ0) is 16.7. The average molecular weight is 362 g/mol.